The Balaban J connectivity index is 2.02. The van der Waals surface area contributed by atoms with Crippen molar-refractivity contribution in [3.63, 3.8) is 0 Å². The minimum atomic E-state index is 0.777. The topological polar surface area (TPSA) is 3.24 Å². The number of benzene rings is 1. The molecule has 0 spiro atoms. The van der Waals surface area contributed by atoms with Crippen molar-refractivity contribution in [3.05, 3.63) is 35.4 Å². The first-order chi connectivity index (χ1) is 7.36. The Morgan fingerprint density at radius 2 is 1.93 bits per heavy atom. The summed E-state index contributed by atoms with van der Waals surface area (Å²) in [6.07, 6.45) is 5.58. The van der Waals surface area contributed by atoms with Crippen LogP contribution in [0.25, 0.3) is 0 Å². The van der Waals surface area contributed by atoms with Crippen LogP contribution in [-0.2, 0) is 6.54 Å². The number of hydrogen-bond donors (Lipinski definition) is 0. The molecule has 2 heteroatoms. The van der Waals surface area contributed by atoms with Crippen molar-refractivity contribution in [2.45, 2.75) is 44.2 Å². The molecule has 3 atom stereocenters. The molecule has 1 nitrogen and oxygen atoms in total. The van der Waals surface area contributed by atoms with Crippen molar-refractivity contribution in [2.75, 3.05) is 0 Å². The second-order valence-electron chi connectivity index (χ2n) is 4.83. The van der Waals surface area contributed by atoms with E-state index in [2.05, 4.69) is 38.3 Å². The van der Waals surface area contributed by atoms with E-state index in [0.717, 1.165) is 18.5 Å². The van der Waals surface area contributed by atoms with Crippen molar-refractivity contribution in [1.29, 1.82) is 0 Å². The summed E-state index contributed by atoms with van der Waals surface area (Å²) < 4.78 is 2.48. The number of nitrogens with zero attached hydrogens (tertiary/aromatic N) is 1. The number of fused-ring (bicyclic) bond motifs is 3. The van der Waals surface area contributed by atoms with E-state index in [0.29, 0.717) is 0 Å². The van der Waals surface area contributed by atoms with Crippen molar-refractivity contribution in [2.24, 2.45) is 0 Å². The zero-order chi connectivity index (χ0) is 10.3. The smallest absolute Gasteiger partial charge is 0.0273 e. The molecule has 1 aromatic carbocycles. The van der Waals surface area contributed by atoms with E-state index in [1.807, 2.05) is 0 Å². The summed E-state index contributed by atoms with van der Waals surface area (Å²) in [5, 5.41) is 0. The highest BCUT2D eigenvalue weighted by Gasteiger charge is 2.34. The minimum Gasteiger partial charge on any atom is -0.279 e. The van der Waals surface area contributed by atoms with Gasteiger partial charge in [-0.2, -0.15) is 0 Å². The largest absolute Gasteiger partial charge is 0.279 e. The molecule has 0 bridgehead atoms. The maximum absolute atomic E-state index is 2.93. The predicted molar refractivity (Wildman–Crippen MR) is 66.7 cm³/mol. The Hall–Kier alpha value is -0.390. The predicted octanol–water partition coefficient (Wildman–Crippen LogP) is 3.32. The molecule has 1 aliphatic carbocycles. The number of rotatable bonds is 0. The molecule has 0 N–H and O–H groups in total. The third-order valence-corrected chi connectivity index (χ3v) is 4.53. The highest BCUT2D eigenvalue weighted by Crippen LogP contribution is 2.42. The lowest BCUT2D eigenvalue weighted by atomic mass is 9.76. The van der Waals surface area contributed by atoms with Gasteiger partial charge in [-0.05, 0) is 24.0 Å². The van der Waals surface area contributed by atoms with Gasteiger partial charge in [0.05, 0.1) is 0 Å². The molecule has 0 aromatic heterocycles. The van der Waals surface area contributed by atoms with Gasteiger partial charge in [0.1, 0.15) is 0 Å². The van der Waals surface area contributed by atoms with Crippen LogP contribution in [0.1, 0.15) is 42.7 Å². The molecule has 3 rings (SSSR count). The molecule has 1 fully saturated rings. The Kier molecular flexibility index (Phi) is 2.54. The fraction of sp³-hybridized carbons (Fsp3) is 0.538. The summed E-state index contributed by atoms with van der Waals surface area (Å²) in [5.74, 6) is 0.793. The first-order valence-corrected chi connectivity index (χ1v) is 6.47. The molecule has 1 aliphatic heterocycles. The van der Waals surface area contributed by atoms with E-state index in [1.54, 1.807) is 5.56 Å². The van der Waals surface area contributed by atoms with Crippen LogP contribution < -0.4 is 0 Å². The molecule has 0 saturated heterocycles. The van der Waals surface area contributed by atoms with Crippen molar-refractivity contribution >= 4 is 9.39 Å². The first-order valence-electron chi connectivity index (χ1n) is 5.95. The van der Waals surface area contributed by atoms with Gasteiger partial charge >= 0.3 is 0 Å². The third-order valence-electron chi connectivity index (χ3n) is 3.96. The Labute approximate surface area is 94.1 Å². The molecule has 0 amide bonds. The molecular weight excluding hydrogens is 201 g/mol. The van der Waals surface area contributed by atoms with Crippen LogP contribution in [0.3, 0.4) is 0 Å². The van der Waals surface area contributed by atoms with Crippen LogP contribution >= 0.6 is 9.39 Å². The summed E-state index contributed by atoms with van der Waals surface area (Å²) in [6.45, 7) is 1.11. The summed E-state index contributed by atoms with van der Waals surface area (Å²) in [5.41, 5.74) is 3.16. The van der Waals surface area contributed by atoms with Gasteiger partial charge in [-0.25, -0.2) is 0 Å². The molecular formula is C13H18NP. The van der Waals surface area contributed by atoms with Crippen LogP contribution in [0.2, 0.25) is 0 Å². The van der Waals surface area contributed by atoms with Gasteiger partial charge in [0, 0.05) is 18.5 Å². The standard InChI is InChI=1S/C13H18NP/c15-14-9-10-5-1-2-6-11(10)12-7-3-4-8-13(12)14/h1-2,5-6,12-13H,3-4,7-9,15H2/t12-,13-/m0/s1. The zero-order valence-corrected chi connectivity index (χ0v) is 10.2. The average Bonchev–Trinajstić information content (AvgIpc) is 2.30. The highest BCUT2D eigenvalue weighted by molar-refractivity contribution is 7.13. The molecule has 80 valence electrons. The maximum atomic E-state index is 2.93. The van der Waals surface area contributed by atoms with Gasteiger partial charge in [-0.3, -0.25) is 4.67 Å². The van der Waals surface area contributed by atoms with Gasteiger partial charge < -0.3 is 0 Å². The summed E-state index contributed by atoms with van der Waals surface area (Å²) in [4.78, 5) is 0. The molecule has 1 saturated carbocycles. The lowest BCUT2D eigenvalue weighted by Gasteiger charge is -2.43. The van der Waals surface area contributed by atoms with Crippen molar-refractivity contribution < 1.29 is 0 Å². The molecule has 1 heterocycles. The summed E-state index contributed by atoms with van der Waals surface area (Å²) in [6, 6.07) is 9.77. The SMILES string of the molecule is PN1Cc2ccccc2[C@@H]2CCCC[C@@H]21. The van der Waals surface area contributed by atoms with Crippen LogP contribution in [0.15, 0.2) is 24.3 Å². The first kappa shape index (κ1) is 9.81. The lowest BCUT2D eigenvalue weighted by molar-refractivity contribution is 0.214. The second-order valence-corrected chi connectivity index (χ2v) is 5.49. The fourth-order valence-electron chi connectivity index (χ4n) is 3.22. The van der Waals surface area contributed by atoms with Crippen molar-refractivity contribution in [3.8, 4) is 0 Å². The highest BCUT2D eigenvalue weighted by atomic mass is 31.0. The minimum absolute atomic E-state index is 0.777. The molecule has 1 aromatic rings. The molecule has 2 aliphatic rings. The average molecular weight is 219 g/mol. The Morgan fingerprint density at radius 3 is 2.87 bits per heavy atom. The normalized spacial score (nSPS) is 30.7. The van der Waals surface area contributed by atoms with E-state index in [4.69, 9.17) is 0 Å². The zero-order valence-electron chi connectivity index (χ0n) is 9.02. The maximum Gasteiger partial charge on any atom is 0.0273 e. The summed E-state index contributed by atoms with van der Waals surface area (Å²) >= 11 is 0. The van der Waals surface area contributed by atoms with Crippen LogP contribution in [0, 0.1) is 0 Å². The molecule has 0 radical (unpaired) electrons. The molecule has 1 unspecified atom stereocenters. The van der Waals surface area contributed by atoms with E-state index in [1.165, 1.54) is 31.2 Å². The van der Waals surface area contributed by atoms with Crippen molar-refractivity contribution in [1.82, 2.24) is 4.67 Å². The van der Waals surface area contributed by atoms with Gasteiger partial charge in [-0.15, -0.1) is 0 Å². The quantitative estimate of drug-likeness (QED) is 0.605. The summed E-state index contributed by atoms with van der Waals surface area (Å²) in [7, 11) is 2.93. The van der Waals surface area contributed by atoms with E-state index < -0.39 is 0 Å². The van der Waals surface area contributed by atoms with Crippen LogP contribution in [0.5, 0.6) is 0 Å². The van der Waals surface area contributed by atoms with E-state index in [-0.39, 0.29) is 0 Å². The fourth-order valence-corrected chi connectivity index (χ4v) is 3.78. The third kappa shape index (κ3) is 1.62. The van der Waals surface area contributed by atoms with Crippen LogP contribution in [-0.4, -0.2) is 10.7 Å². The van der Waals surface area contributed by atoms with Gasteiger partial charge in [0.15, 0.2) is 0 Å². The van der Waals surface area contributed by atoms with E-state index in [9.17, 15) is 0 Å². The lowest BCUT2D eigenvalue weighted by Crippen LogP contribution is -2.39. The van der Waals surface area contributed by atoms with Crippen LogP contribution in [0.4, 0.5) is 0 Å². The monoisotopic (exact) mass is 219 g/mol. The Bertz CT molecular complexity index is 363. The van der Waals surface area contributed by atoms with Gasteiger partial charge in [0.2, 0.25) is 0 Å². The second kappa shape index (κ2) is 3.88. The van der Waals surface area contributed by atoms with E-state index >= 15 is 0 Å². The Morgan fingerprint density at radius 1 is 1.13 bits per heavy atom. The van der Waals surface area contributed by atoms with Gasteiger partial charge in [-0.1, -0.05) is 46.5 Å². The number of hydrogen-bond acceptors (Lipinski definition) is 1. The van der Waals surface area contributed by atoms with Gasteiger partial charge in [0.25, 0.3) is 0 Å². The molecule has 15 heavy (non-hydrogen) atoms.